The van der Waals surface area contributed by atoms with Gasteiger partial charge >= 0.3 is 0 Å². The number of carbonyl (C=O) groups is 1. The number of aromatic nitrogens is 3. The van der Waals surface area contributed by atoms with Crippen molar-refractivity contribution in [3.63, 3.8) is 0 Å². The van der Waals surface area contributed by atoms with Crippen LogP contribution in [0.1, 0.15) is 23.7 Å². The number of aliphatic hydroxyl groups is 1. The van der Waals surface area contributed by atoms with E-state index in [-0.39, 0.29) is 11.9 Å². The minimum Gasteiger partial charge on any atom is -0.383 e. The molecule has 37 heavy (non-hydrogen) atoms. The molecule has 0 bridgehead atoms. The Morgan fingerprint density at radius 2 is 1.86 bits per heavy atom. The average molecular weight is 499 g/mol. The van der Waals surface area contributed by atoms with Gasteiger partial charge in [-0.05, 0) is 54.3 Å². The van der Waals surface area contributed by atoms with E-state index in [0.717, 1.165) is 39.9 Å². The van der Waals surface area contributed by atoms with Gasteiger partial charge in [0.1, 0.15) is 24.0 Å². The Balaban J connectivity index is 1.54. The summed E-state index contributed by atoms with van der Waals surface area (Å²) in [6.07, 6.45) is 1.45. The number of hydrogen-bond donors (Lipinski definition) is 4. The highest BCUT2D eigenvalue weighted by molar-refractivity contribution is 6.08. The van der Waals surface area contributed by atoms with Crippen LogP contribution in [0.25, 0.3) is 33.4 Å². The van der Waals surface area contributed by atoms with E-state index in [0.29, 0.717) is 35.8 Å². The molecule has 1 fully saturated rings. The van der Waals surface area contributed by atoms with Crippen LogP contribution in [0.15, 0.2) is 67.0 Å². The summed E-state index contributed by atoms with van der Waals surface area (Å²) in [5.74, 6) is 0.260. The number of nitrogens with zero attached hydrogens (tertiary/aromatic N) is 3. The summed E-state index contributed by atoms with van der Waals surface area (Å²) in [4.78, 5) is 21.5. The van der Waals surface area contributed by atoms with Crippen LogP contribution in [-0.4, -0.2) is 51.0 Å². The minimum atomic E-state index is -0.828. The summed E-state index contributed by atoms with van der Waals surface area (Å²) in [7, 11) is 1.94. The van der Waals surface area contributed by atoms with Crippen molar-refractivity contribution in [1.29, 1.82) is 0 Å². The van der Waals surface area contributed by atoms with Crippen LogP contribution in [0.2, 0.25) is 0 Å². The molecule has 2 atom stereocenters. The van der Waals surface area contributed by atoms with Crippen molar-refractivity contribution in [2.75, 3.05) is 24.3 Å². The zero-order valence-corrected chi connectivity index (χ0v) is 20.9. The first-order valence-electron chi connectivity index (χ1n) is 12.1. The van der Waals surface area contributed by atoms with Crippen LogP contribution in [0.4, 0.5) is 11.5 Å². The molecule has 2 aromatic heterocycles. The van der Waals surface area contributed by atoms with Crippen molar-refractivity contribution in [2.24, 2.45) is 7.05 Å². The number of fused-ring (bicyclic) bond motifs is 1. The minimum absolute atomic E-state index is 0.0442. The molecule has 1 amide bonds. The highest BCUT2D eigenvalue weighted by Crippen LogP contribution is 2.41. The standard InChI is InChI=1S/C28H30N6O3/c1-16(2)27(35)32-20-10-8-18(9-11-20)24-22(23-25(29)30-15-31-26(23)34(24)3)17-4-6-19(7-5-17)28(36)33-21-12-13-37-14-21/h4-11,15,21,27,32,35H,1,12-14H2,2-3H3,(H,33,36)(H2,29,30,31)/t21-,27?/m0/s1. The fourth-order valence-electron chi connectivity index (χ4n) is 4.61. The van der Waals surface area contributed by atoms with Gasteiger partial charge < -0.3 is 30.8 Å². The Bertz CT molecular complexity index is 1450. The second kappa shape index (κ2) is 10.0. The molecule has 1 aliphatic rings. The Labute approximate surface area is 215 Å². The van der Waals surface area contributed by atoms with Crippen molar-refractivity contribution >= 4 is 28.4 Å². The summed E-state index contributed by atoms with van der Waals surface area (Å²) < 4.78 is 7.35. The molecule has 2 aromatic carbocycles. The van der Waals surface area contributed by atoms with E-state index < -0.39 is 6.23 Å². The number of benzene rings is 2. The van der Waals surface area contributed by atoms with Crippen molar-refractivity contribution < 1.29 is 14.6 Å². The highest BCUT2D eigenvalue weighted by atomic mass is 16.5. The van der Waals surface area contributed by atoms with Crippen molar-refractivity contribution in [3.8, 4) is 22.4 Å². The first-order chi connectivity index (χ1) is 17.8. The predicted molar refractivity (Wildman–Crippen MR) is 145 cm³/mol. The summed E-state index contributed by atoms with van der Waals surface area (Å²) in [6, 6.07) is 15.3. The molecule has 190 valence electrons. The molecule has 9 heteroatoms. The third-order valence-corrected chi connectivity index (χ3v) is 6.63. The van der Waals surface area contributed by atoms with Gasteiger partial charge in [-0.1, -0.05) is 30.8 Å². The van der Waals surface area contributed by atoms with Crippen LogP contribution < -0.4 is 16.4 Å². The van der Waals surface area contributed by atoms with Crippen molar-refractivity contribution in [2.45, 2.75) is 25.6 Å². The smallest absolute Gasteiger partial charge is 0.251 e. The molecule has 5 rings (SSSR count). The molecule has 0 saturated carbocycles. The number of amides is 1. The number of rotatable bonds is 7. The predicted octanol–water partition coefficient (Wildman–Crippen LogP) is 3.71. The lowest BCUT2D eigenvalue weighted by atomic mass is 9.97. The maximum Gasteiger partial charge on any atom is 0.251 e. The van der Waals surface area contributed by atoms with E-state index in [2.05, 4.69) is 27.2 Å². The SMILES string of the molecule is C=C(C)C(O)Nc1ccc(-c2c(-c3ccc(C(=O)N[C@H]4CCOC4)cc3)c3c(N)ncnc3n2C)cc1. The maximum absolute atomic E-state index is 12.7. The monoisotopic (exact) mass is 498 g/mol. The molecule has 4 aromatic rings. The zero-order chi connectivity index (χ0) is 26.1. The highest BCUT2D eigenvalue weighted by Gasteiger charge is 2.23. The van der Waals surface area contributed by atoms with Gasteiger partial charge in [-0.2, -0.15) is 0 Å². The van der Waals surface area contributed by atoms with Gasteiger partial charge in [0.2, 0.25) is 0 Å². The normalized spacial score (nSPS) is 16.0. The first kappa shape index (κ1) is 24.5. The van der Waals surface area contributed by atoms with Crippen LogP contribution in [0, 0.1) is 0 Å². The van der Waals surface area contributed by atoms with Gasteiger partial charge in [-0.25, -0.2) is 9.97 Å². The summed E-state index contributed by atoms with van der Waals surface area (Å²) in [6.45, 7) is 6.75. The third kappa shape index (κ3) is 4.78. The van der Waals surface area contributed by atoms with Crippen LogP contribution in [0.3, 0.4) is 0 Å². The lowest BCUT2D eigenvalue weighted by molar-refractivity contribution is 0.0930. The van der Waals surface area contributed by atoms with Crippen LogP contribution >= 0.6 is 0 Å². The molecule has 9 nitrogen and oxygen atoms in total. The molecule has 0 radical (unpaired) electrons. The van der Waals surface area contributed by atoms with Gasteiger partial charge in [-0.3, -0.25) is 4.79 Å². The molecule has 3 heterocycles. The van der Waals surface area contributed by atoms with Crippen LogP contribution in [-0.2, 0) is 11.8 Å². The van der Waals surface area contributed by atoms with Crippen molar-refractivity contribution in [1.82, 2.24) is 19.9 Å². The van der Waals surface area contributed by atoms with E-state index in [4.69, 9.17) is 10.5 Å². The molecule has 1 unspecified atom stereocenters. The van der Waals surface area contributed by atoms with Gasteiger partial charge in [0.25, 0.3) is 5.91 Å². The lowest BCUT2D eigenvalue weighted by Crippen LogP contribution is -2.34. The molecular weight excluding hydrogens is 468 g/mol. The molecule has 5 N–H and O–H groups in total. The second-order valence-corrected chi connectivity index (χ2v) is 9.32. The summed E-state index contributed by atoms with van der Waals surface area (Å²) in [5.41, 5.74) is 12.6. The number of nitrogens with two attached hydrogens (primary N) is 1. The number of aliphatic hydroxyl groups excluding tert-OH is 1. The number of hydrogen-bond acceptors (Lipinski definition) is 7. The van der Waals surface area contributed by atoms with E-state index in [1.165, 1.54) is 6.33 Å². The molecular formula is C28H30N6O3. The van der Waals surface area contributed by atoms with Crippen molar-refractivity contribution in [3.05, 3.63) is 72.6 Å². The number of nitrogens with one attached hydrogen (secondary N) is 2. The molecule has 0 spiro atoms. The lowest BCUT2D eigenvalue weighted by Gasteiger charge is -2.15. The van der Waals surface area contributed by atoms with Gasteiger partial charge in [-0.15, -0.1) is 0 Å². The third-order valence-electron chi connectivity index (χ3n) is 6.63. The summed E-state index contributed by atoms with van der Waals surface area (Å²) in [5, 5.41) is 16.9. The Morgan fingerprint density at radius 3 is 2.51 bits per heavy atom. The maximum atomic E-state index is 12.7. The number of ether oxygens (including phenoxy) is 1. The van der Waals surface area contributed by atoms with Gasteiger partial charge in [0.05, 0.1) is 23.7 Å². The molecule has 0 aliphatic carbocycles. The topological polar surface area (TPSA) is 127 Å². The number of carbonyl (C=O) groups excluding carboxylic acids is 1. The van der Waals surface area contributed by atoms with E-state index in [1.807, 2.05) is 60.1 Å². The number of aryl methyl sites for hydroxylation is 1. The van der Waals surface area contributed by atoms with Gasteiger partial charge in [0, 0.05) is 30.5 Å². The summed E-state index contributed by atoms with van der Waals surface area (Å²) >= 11 is 0. The average Bonchev–Trinajstić information content (AvgIpc) is 3.51. The fourth-order valence-corrected chi connectivity index (χ4v) is 4.61. The molecule has 1 saturated heterocycles. The second-order valence-electron chi connectivity index (χ2n) is 9.32. The Kier molecular flexibility index (Phi) is 6.64. The van der Waals surface area contributed by atoms with E-state index in [9.17, 15) is 9.90 Å². The van der Waals surface area contributed by atoms with Crippen LogP contribution in [0.5, 0.6) is 0 Å². The first-order valence-corrected chi connectivity index (χ1v) is 12.1. The van der Waals surface area contributed by atoms with Gasteiger partial charge in [0.15, 0.2) is 0 Å². The Morgan fingerprint density at radius 1 is 1.16 bits per heavy atom. The Hall–Kier alpha value is -4.21. The quantitative estimate of drug-likeness (QED) is 0.226. The molecule has 1 aliphatic heterocycles. The number of anilines is 2. The van der Waals surface area contributed by atoms with E-state index in [1.54, 1.807) is 6.92 Å². The largest absolute Gasteiger partial charge is 0.383 e. The number of nitrogen functional groups attached to an aromatic ring is 1. The fraction of sp³-hybridized carbons (Fsp3) is 0.250. The zero-order valence-electron chi connectivity index (χ0n) is 20.9. The van der Waals surface area contributed by atoms with E-state index >= 15 is 0 Å².